The third-order valence-corrected chi connectivity index (χ3v) is 3.01. The van der Waals surface area contributed by atoms with Gasteiger partial charge < -0.3 is 16.1 Å². The summed E-state index contributed by atoms with van der Waals surface area (Å²) in [6.45, 7) is 1.02. The lowest BCUT2D eigenvalue weighted by molar-refractivity contribution is 0.795. The molecule has 0 saturated carbocycles. The predicted molar refractivity (Wildman–Crippen MR) is 70.5 cm³/mol. The van der Waals surface area contributed by atoms with Crippen molar-refractivity contribution in [2.45, 2.75) is 32.1 Å². The van der Waals surface area contributed by atoms with Crippen molar-refractivity contribution < 1.29 is 0 Å². The first-order valence-electron chi connectivity index (χ1n) is 6.10. The van der Waals surface area contributed by atoms with E-state index in [0.717, 1.165) is 43.5 Å². The van der Waals surface area contributed by atoms with Crippen LogP contribution in [0.3, 0.4) is 0 Å². The van der Waals surface area contributed by atoms with Gasteiger partial charge in [-0.05, 0) is 43.7 Å². The lowest BCUT2D eigenvalue weighted by Gasteiger charge is -2.17. The standard InChI is InChI=1S/C13H18N4/c14-9-11(15)4-1-5-12-7-6-10-3-2-8-16-13(10)17-12/h6-7,9,14-15H,1-5,8H2,(H,16,17). The first-order chi connectivity index (χ1) is 8.29. The number of rotatable bonds is 5. The summed E-state index contributed by atoms with van der Waals surface area (Å²) in [6, 6.07) is 4.24. The molecule has 0 bridgehead atoms. The van der Waals surface area contributed by atoms with Gasteiger partial charge in [0, 0.05) is 24.2 Å². The van der Waals surface area contributed by atoms with Gasteiger partial charge in [0.15, 0.2) is 0 Å². The predicted octanol–water partition coefficient (Wildman–Crippen LogP) is 2.43. The maximum atomic E-state index is 7.38. The molecule has 0 amide bonds. The Morgan fingerprint density at radius 2 is 2.35 bits per heavy atom. The highest BCUT2D eigenvalue weighted by Crippen LogP contribution is 2.20. The zero-order valence-corrected chi connectivity index (χ0v) is 9.92. The molecule has 1 aromatic rings. The van der Waals surface area contributed by atoms with E-state index in [9.17, 15) is 0 Å². The van der Waals surface area contributed by atoms with Crippen molar-refractivity contribution in [2.24, 2.45) is 0 Å². The number of hydrogen-bond donors (Lipinski definition) is 3. The topological polar surface area (TPSA) is 72.6 Å². The molecule has 0 radical (unpaired) electrons. The molecule has 2 heterocycles. The van der Waals surface area contributed by atoms with E-state index in [1.807, 2.05) is 0 Å². The van der Waals surface area contributed by atoms with E-state index in [0.29, 0.717) is 12.1 Å². The fraction of sp³-hybridized carbons (Fsp3) is 0.462. The average Bonchev–Trinajstić information content (AvgIpc) is 2.38. The fourth-order valence-corrected chi connectivity index (χ4v) is 2.04. The zero-order valence-electron chi connectivity index (χ0n) is 9.92. The molecular weight excluding hydrogens is 212 g/mol. The molecule has 1 aliphatic rings. The SMILES string of the molecule is N=CC(=N)CCCc1ccc2c(n1)NCCC2. The van der Waals surface area contributed by atoms with Crippen LogP contribution in [0.15, 0.2) is 12.1 Å². The Kier molecular flexibility index (Phi) is 3.85. The number of nitrogens with zero attached hydrogens (tertiary/aromatic N) is 1. The van der Waals surface area contributed by atoms with E-state index in [-0.39, 0.29) is 0 Å². The lowest BCUT2D eigenvalue weighted by atomic mass is 10.1. The van der Waals surface area contributed by atoms with Crippen molar-refractivity contribution in [3.63, 3.8) is 0 Å². The summed E-state index contributed by atoms with van der Waals surface area (Å²) in [7, 11) is 0. The smallest absolute Gasteiger partial charge is 0.129 e. The van der Waals surface area contributed by atoms with Crippen LogP contribution in [0.4, 0.5) is 5.82 Å². The quantitative estimate of drug-likeness (QED) is 0.680. The van der Waals surface area contributed by atoms with Crippen LogP contribution in [0.2, 0.25) is 0 Å². The summed E-state index contributed by atoms with van der Waals surface area (Å²) < 4.78 is 0. The van der Waals surface area contributed by atoms with Gasteiger partial charge in [0.1, 0.15) is 5.82 Å². The molecule has 90 valence electrons. The van der Waals surface area contributed by atoms with E-state index >= 15 is 0 Å². The van der Waals surface area contributed by atoms with Crippen LogP contribution in [0, 0.1) is 10.8 Å². The Balaban J connectivity index is 1.93. The Hall–Kier alpha value is -1.71. The van der Waals surface area contributed by atoms with Gasteiger partial charge in [0.05, 0.1) is 0 Å². The van der Waals surface area contributed by atoms with Crippen molar-refractivity contribution in [3.8, 4) is 0 Å². The maximum Gasteiger partial charge on any atom is 0.129 e. The lowest BCUT2D eigenvalue weighted by Crippen LogP contribution is -2.14. The molecule has 1 aromatic heterocycles. The number of fused-ring (bicyclic) bond motifs is 1. The molecule has 0 saturated heterocycles. The van der Waals surface area contributed by atoms with Crippen molar-refractivity contribution in [1.82, 2.24) is 4.98 Å². The van der Waals surface area contributed by atoms with E-state index in [4.69, 9.17) is 10.8 Å². The van der Waals surface area contributed by atoms with Gasteiger partial charge >= 0.3 is 0 Å². The van der Waals surface area contributed by atoms with Crippen LogP contribution < -0.4 is 5.32 Å². The Bertz CT molecular complexity index is 425. The van der Waals surface area contributed by atoms with Gasteiger partial charge in [-0.2, -0.15) is 0 Å². The van der Waals surface area contributed by atoms with Crippen molar-refractivity contribution in [2.75, 3.05) is 11.9 Å². The molecule has 2 rings (SSSR count). The van der Waals surface area contributed by atoms with Crippen LogP contribution in [0.25, 0.3) is 0 Å². The highest BCUT2D eigenvalue weighted by Gasteiger charge is 2.09. The van der Waals surface area contributed by atoms with Crippen LogP contribution in [0.1, 0.15) is 30.5 Å². The first-order valence-corrected chi connectivity index (χ1v) is 6.10. The molecule has 0 aromatic carbocycles. The van der Waals surface area contributed by atoms with Gasteiger partial charge in [-0.3, -0.25) is 0 Å². The van der Waals surface area contributed by atoms with Gasteiger partial charge in [-0.1, -0.05) is 6.07 Å². The van der Waals surface area contributed by atoms with E-state index in [1.165, 1.54) is 12.0 Å². The molecule has 4 heteroatoms. The van der Waals surface area contributed by atoms with Gasteiger partial charge in [0.25, 0.3) is 0 Å². The molecular formula is C13H18N4. The third kappa shape index (κ3) is 3.12. The average molecular weight is 230 g/mol. The largest absolute Gasteiger partial charge is 0.370 e. The van der Waals surface area contributed by atoms with E-state index in [2.05, 4.69) is 22.4 Å². The second kappa shape index (κ2) is 5.57. The maximum absolute atomic E-state index is 7.38. The highest BCUT2D eigenvalue weighted by atomic mass is 15.0. The molecule has 0 atom stereocenters. The normalized spacial score (nSPS) is 13.6. The van der Waals surface area contributed by atoms with Gasteiger partial charge in [0.2, 0.25) is 0 Å². The summed E-state index contributed by atoms with van der Waals surface area (Å²) in [5.41, 5.74) is 2.78. The Morgan fingerprint density at radius 1 is 1.47 bits per heavy atom. The molecule has 17 heavy (non-hydrogen) atoms. The molecule has 0 spiro atoms. The van der Waals surface area contributed by atoms with Crippen molar-refractivity contribution in [3.05, 3.63) is 23.4 Å². The van der Waals surface area contributed by atoms with Crippen LogP contribution >= 0.6 is 0 Å². The second-order valence-electron chi connectivity index (χ2n) is 4.36. The number of aryl methyl sites for hydroxylation is 2. The Labute approximate surface area is 101 Å². The molecule has 0 fully saturated rings. The number of anilines is 1. The fourth-order valence-electron chi connectivity index (χ4n) is 2.04. The third-order valence-electron chi connectivity index (χ3n) is 3.01. The highest BCUT2D eigenvalue weighted by molar-refractivity contribution is 6.27. The molecule has 4 nitrogen and oxygen atoms in total. The van der Waals surface area contributed by atoms with Crippen LogP contribution in [0.5, 0.6) is 0 Å². The first kappa shape index (κ1) is 11.8. The van der Waals surface area contributed by atoms with Gasteiger partial charge in [-0.25, -0.2) is 4.98 Å². The second-order valence-corrected chi connectivity index (χ2v) is 4.36. The summed E-state index contributed by atoms with van der Waals surface area (Å²) in [5.74, 6) is 1.04. The van der Waals surface area contributed by atoms with Crippen molar-refractivity contribution >= 4 is 17.7 Å². The number of nitrogens with one attached hydrogen (secondary N) is 3. The molecule has 1 aliphatic heterocycles. The monoisotopic (exact) mass is 230 g/mol. The van der Waals surface area contributed by atoms with Crippen LogP contribution in [-0.4, -0.2) is 23.5 Å². The van der Waals surface area contributed by atoms with E-state index < -0.39 is 0 Å². The summed E-state index contributed by atoms with van der Waals surface area (Å²) in [4.78, 5) is 4.60. The minimum atomic E-state index is 0.390. The van der Waals surface area contributed by atoms with Crippen molar-refractivity contribution in [1.29, 1.82) is 10.8 Å². The summed E-state index contributed by atoms with van der Waals surface area (Å²) in [5, 5.41) is 17.6. The molecule has 3 N–H and O–H groups in total. The minimum Gasteiger partial charge on any atom is -0.370 e. The van der Waals surface area contributed by atoms with E-state index in [1.54, 1.807) is 0 Å². The number of aromatic nitrogens is 1. The minimum absolute atomic E-state index is 0.390. The zero-order chi connectivity index (χ0) is 12.1. The molecule has 0 aliphatic carbocycles. The number of pyridine rings is 1. The molecule has 0 unspecified atom stereocenters. The van der Waals surface area contributed by atoms with Crippen LogP contribution in [-0.2, 0) is 12.8 Å². The number of hydrogen-bond acceptors (Lipinski definition) is 4. The Morgan fingerprint density at radius 3 is 3.18 bits per heavy atom. The summed E-state index contributed by atoms with van der Waals surface area (Å²) >= 11 is 0. The summed E-state index contributed by atoms with van der Waals surface area (Å²) in [6.07, 6.45) is 5.85. The van der Waals surface area contributed by atoms with Gasteiger partial charge in [-0.15, -0.1) is 0 Å².